The van der Waals surface area contributed by atoms with Gasteiger partial charge in [0, 0.05) is 13.1 Å². The van der Waals surface area contributed by atoms with Crippen molar-refractivity contribution in [3.8, 4) is 0 Å². The Morgan fingerprint density at radius 2 is 1.24 bits per heavy atom. The molecule has 3 N–H and O–H groups in total. The van der Waals surface area contributed by atoms with Gasteiger partial charge in [-0.25, -0.2) is 9.59 Å². The molecule has 1 unspecified atom stereocenters. The van der Waals surface area contributed by atoms with Gasteiger partial charge in [0.2, 0.25) is 0 Å². The molecule has 0 aromatic carbocycles. The minimum atomic E-state index is -5.39. The Morgan fingerprint density at radius 1 is 0.765 bits per heavy atom. The Bertz CT molecular complexity index is 743. The van der Waals surface area contributed by atoms with Gasteiger partial charge in [-0.1, -0.05) is 0 Å². The Balaban J connectivity index is 5.82. The fourth-order valence-electron chi connectivity index (χ4n) is 2.05. The molecule has 10 nitrogen and oxygen atoms in total. The summed E-state index contributed by atoms with van der Waals surface area (Å²) in [5.74, 6) is -4.87. The van der Waals surface area contributed by atoms with Crippen molar-refractivity contribution in [2.45, 2.75) is 71.3 Å². The van der Waals surface area contributed by atoms with Crippen molar-refractivity contribution < 1.29 is 55.0 Å². The maximum absolute atomic E-state index is 12.8. The van der Waals surface area contributed by atoms with E-state index >= 15 is 0 Å². The number of halogens is 6. The molecule has 0 fully saturated rings. The Hall–Kier alpha value is -2.94. The molecule has 0 spiro atoms. The smallest absolute Gasteiger partial charge is 0.444 e. The van der Waals surface area contributed by atoms with Gasteiger partial charge in [0.05, 0.1) is 6.54 Å². The van der Waals surface area contributed by atoms with Gasteiger partial charge in [-0.15, -0.1) is 0 Å². The van der Waals surface area contributed by atoms with E-state index in [2.05, 4.69) is 5.32 Å². The zero-order chi connectivity index (χ0) is 27.1. The average Bonchev–Trinajstić information content (AvgIpc) is 2.57. The summed E-state index contributed by atoms with van der Waals surface area (Å²) in [5, 5.41) is 4.97. The fourth-order valence-corrected chi connectivity index (χ4v) is 2.05. The highest BCUT2D eigenvalue weighted by molar-refractivity contribution is 5.83. The fraction of sp³-hybridized carbons (Fsp3) is 0.778. The van der Waals surface area contributed by atoms with E-state index < -0.39 is 73.4 Å². The van der Waals surface area contributed by atoms with Gasteiger partial charge >= 0.3 is 36.4 Å². The molecule has 0 aliphatic rings. The van der Waals surface area contributed by atoms with Crippen molar-refractivity contribution in [2.24, 2.45) is 0 Å². The van der Waals surface area contributed by atoms with Gasteiger partial charge in [-0.05, 0) is 41.5 Å². The Kier molecular flexibility index (Phi) is 10.5. The third-order valence-corrected chi connectivity index (χ3v) is 3.29. The molecule has 0 aliphatic carbocycles. The molecule has 198 valence electrons. The van der Waals surface area contributed by atoms with Crippen LogP contribution >= 0.6 is 0 Å². The minimum Gasteiger partial charge on any atom is -0.444 e. The lowest BCUT2D eigenvalue weighted by Gasteiger charge is -2.34. The summed E-state index contributed by atoms with van der Waals surface area (Å²) in [4.78, 5) is 47.4. The first-order chi connectivity index (χ1) is 15.0. The zero-order valence-corrected chi connectivity index (χ0v) is 19.4. The lowest BCUT2D eigenvalue weighted by Crippen LogP contribution is -2.60. The summed E-state index contributed by atoms with van der Waals surface area (Å²) >= 11 is 0. The Morgan fingerprint density at radius 3 is 1.65 bits per heavy atom. The molecule has 0 aromatic heterocycles. The van der Waals surface area contributed by atoms with E-state index in [0.717, 1.165) is 0 Å². The molecular weight excluding hydrogens is 482 g/mol. The number of carbonyl (C=O) groups excluding carboxylic acids is 4. The third-order valence-electron chi connectivity index (χ3n) is 3.29. The van der Waals surface area contributed by atoms with Crippen LogP contribution in [-0.2, 0) is 19.1 Å². The summed E-state index contributed by atoms with van der Waals surface area (Å²) in [7, 11) is 0. The molecule has 4 amide bonds. The van der Waals surface area contributed by atoms with Gasteiger partial charge in [0.1, 0.15) is 17.4 Å². The van der Waals surface area contributed by atoms with Crippen LogP contribution in [0.25, 0.3) is 0 Å². The van der Waals surface area contributed by atoms with E-state index in [4.69, 9.17) is 9.47 Å². The number of alkyl carbamates (subject to hydrolysis) is 1. The quantitative estimate of drug-likeness (QED) is 0.357. The summed E-state index contributed by atoms with van der Waals surface area (Å²) in [6.07, 6.45) is -15.0. The van der Waals surface area contributed by atoms with Gasteiger partial charge in [0.15, 0.2) is 0 Å². The van der Waals surface area contributed by atoms with Gasteiger partial charge in [-0.2, -0.15) is 26.3 Å². The number of hydrogen-bond donors (Lipinski definition) is 3. The van der Waals surface area contributed by atoms with Gasteiger partial charge in [0.25, 0.3) is 0 Å². The van der Waals surface area contributed by atoms with Gasteiger partial charge < -0.3 is 25.4 Å². The predicted octanol–water partition coefficient (Wildman–Crippen LogP) is 2.43. The number of alkyl halides is 6. The van der Waals surface area contributed by atoms with Crippen LogP contribution in [0, 0.1) is 0 Å². The molecule has 0 bridgehead atoms. The van der Waals surface area contributed by atoms with Crippen molar-refractivity contribution in [3.05, 3.63) is 0 Å². The monoisotopic (exact) mass is 510 g/mol. The van der Waals surface area contributed by atoms with E-state index in [-0.39, 0.29) is 0 Å². The maximum atomic E-state index is 12.8. The summed E-state index contributed by atoms with van der Waals surface area (Å²) in [6.45, 7) is 6.13. The second kappa shape index (κ2) is 11.5. The van der Waals surface area contributed by atoms with Crippen LogP contribution in [-0.4, -0.2) is 78.3 Å². The summed E-state index contributed by atoms with van der Waals surface area (Å²) in [5.41, 5.74) is -2.19. The normalized spacial score (nSPS) is 13.4. The first-order valence-electron chi connectivity index (χ1n) is 9.72. The molecular formula is C18H28F6N4O6. The lowest BCUT2D eigenvalue weighted by molar-refractivity contribution is -0.175. The topological polar surface area (TPSA) is 126 Å². The average molecular weight is 510 g/mol. The SMILES string of the molecule is CC(C)(C)OC(=O)NCC(NC(=O)C(F)(F)F)N(CCNC(=O)C(F)(F)F)C(=O)OC(C)(C)C. The summed E-state index contributed by atoms with van der Waals surface area (Å²) in [6, 6.07) is 0. The number of rotatable bonds is 7. The molecule has 34 heavy (non-hydrogen) atoms. The first kappa shape index (κ1) is 31.1. The van der Waals surface area contributed by atoms with Crippen LogP contribution < -0.4 is 16.0 Å². The van der Waals surface area contributed by atoms with E-state index in [0.29, 0.717) is 4.90 Å². The third kappa shape index (κ3) is 12.9. The van der Waals surface area contributed by atoms with Crippen LogP contribution in [0.15, 0.2) is 0 Å². The molecule has 0 aromatic rings. The van der Waals surface area contributed by atoms with Crippen molar-refractivity contribution in [1.82, 2.24) is 20.9 Å². The van der Waals surface area contributed by atoms with Crippen LogP contribution in [0.5, 0.6) is 0 Å². The van der Waals surface area contributed by atoms with Crippen LogP contribution in [0.1, 0.15) is 41.5 Å². The molecule has 16 heteroatoms. The number of amides is 4. The number of nitrogens with one attached hydrogen (secondary N) is 3. The number of nitrogens with zero attached hydrogens (tertiary/aromatic N) is 1. The van der Waals surface area contributed by atoms with Crippen LogP contribution in [0.2, 0.25) is 0 Å². The highest BCUT2D eigenvalue weighted by atomic mass is 19.4. The maximum Gasteiger partial charge on any atom is 0.471 e. The lowest BCUT2D eigenvalue weighted by atomic mass is 10.2. The van der Waals surface area contributed by atoms with Crippen LogP contribution in [0.4, 0.5) is 35.9 Å². The molecule has 0 aliphatic heterocycles. The van der Waals surface area contributed by atoms with Crippen LogP contribution in [0.3, 0.4) is 0 Å². The summed E-state index contributed by atoms with van der Waals surface area (Å²) < 4.78 is 85.6. The van der Waals surface area contributed by atoms with E-state index in [1.54, 1.807) is 0 Å². The Labute approximate surface area is 191 Å². The second-order valence-corrected chi connectivity index (χ2v) is 8.80. The van der Waals surface area contributed by atoms with Gasteiger partial charge in [-0.3, -0.25) is 14.5 Å². The first-order valence-corrected chi connectivity index (χ1v) is 9.72. The van der Waals surface area contributed by atoms with Crippen molar-refractivity contribution in [2.75, 3.05) is 19.6 Å². The molecule has 0 saturated carbocycles. The van der Waals surface area contributed by atoms with Crippen molar-refractivity contribution in [1.29, 1.82) is 0 Å². The second-order valence-electron chi connectivity index (χ2n) is 8.80. The van der Waals surface area contributed by atoms with E-state index in [1.807, 2.05) is 0 Å². The molecule has 0 saturated heterocycles. The number of carbonyl (C=O) groups is 4. The molecule has 0 heterocycles. The predicted molar refractivity (Wildman–Crippen MR) is 104 cm³/mol. The van der Waals surface area contributed by atoms with E-state index in [9.17, 15) is 45.5 Å². The highest BCUT2D eigenvalue weighted by Gasteiger charge is 2.42. The minimum absolute atomic E-state index is 0.420. The van der Waals surface area contributed by atoms with Crippen molar-refractivity contribution >= 4 is 24.0 Å². The molecule has 1 atom stereocenters. The number of hydrogen-bond acceptors (Lipinski definition) is 6. The number of ether oxygens (including phenoxy) is 2. The zero-order valence-electron chi connectivity index (χ0n) is 19.4. The van der Waals surface area contributed by atoms with Crippen molar-refractivity contribution in [3.63, 3.8) is 0 Å². The molecule has 0 radical (unpaired) electrons. The van der Waals surface area contributed by atoms with E-state index in [1.165, 1.54) is 52.2 Å². The largest absolute Gasteiger partial charge is 0.471 e. The molecule has 0 rings (SSSR count). The highest BCUT2D eigenvalue weighted by Crippen LogP contribution is 2.17. The standard InChI is InChI=1S/C18H28F6N4O6/c1-15(2,3)33-13(31)26-9-10(27-12(30)18(22,23)24)28(14(32)34-16(4,5)6)8-7-25-11(29)17(19,20)21/h10H,7-9H2,1-6H3,(H,25,29)(H,26,31)(H,27,30).